The Labute approximate surface area is 139 Å². The summed E-state index contributed by atoms with van der Waals surface area (Å²) in [5, 5.41) is 3.18. The Bertz CT molecular complexity index is 228. The molecule has 0 aromatic heterocycles. The first-order chi connectivity index (χ1) is 10.3. The van der Waals surface area contributed by atoms with Crippen molar-refractivity contribution in [1.82, 2.24) is 5.32 Å². The van der Waals surface area contributed by atoms with Crippen molar-refractivity contribution in [3.63, 3.8) is 0 Å². The standard InChI is InChI=1S/C16H33NO2S2/c1-17-11-10-14-20-12-8-6-4-3-5-7-9-13-21-15-16(18)19-2/h17H,3-15H2,1-2H3. The van der Waals surface area contributed by atoms with Crippen molar-refractivity contribution in [2.24, 2.45) is 0 Å². The van der Waals surface area contributed by atoms with Crippen molar-refractivity contribution >= 4 is 29.5 Å². The molecule has 0 amide bonds. The summed E-state index contributed by atoms with van der Waals surface area (Å²) in [6, 6.07) is 0. The third-order valence-electron chi connectivity index (χ3n) is 3.24. The van der Waals surface area contributed by atoms with E-state index in [1.54, 1.807) is 11.8 Å². The van der Waals surface area contributed by atoms with Gasteiger partial charge < -0.3 is 10.1 Å². The summed E-state index contributed by atoms with van der Waals surface area (Å²) >= 11 is 3.78. The van der Waals surface area contributed by atoms with E-state index in [0.717, 1.165) is 12.3 Å². The third kappa shape index (κ3) is 18.1. The van der Waals surface area contributed by atoms with Crippen LogP contribution in [-0.2, 0) is 9.53 Å². The van der Waals surface area contributed by atoms with Gasteiger partial charge in [-0.05, 0) is 50.1 Å². The van der Waals surface area contributed by atoms with E-state index in [9.17, 15) is 4.79 Å². The molecule has 0 fully saturated rings. The van der Waals surface area contributed by atoms with Crippen LogP contribution in [0.25, 0.3) is 0 Å². The summed E-state index contributed by atoms with van der Waals surface area (Å²) < 4.78 is 4.60. The van der Waals surface area contributed by atoms with Crippen LogP contribution >= 0.6 is 23.5 Å². The lowest BCUT2D eigenvalue weighted by molar-refractivity contribution is -0.137. The number of hydrogen-bond donors (Lipinski definition) is 1. The Balaban J connectivity index is 2.98. The fraction of sp³-hybridized carbons (Fsp3) is 0.938. The van der Waals surface area contributed by atoms with Crippen molar-refractivity contribution in [1.29, 1.82) is 0 Å². The van der Waals surface area contributed by atoms with Gasteiger partial charge in [-0.2, -0.15) is 23.5 Å². The van der Waals surface area contributed by atoms with Gasteiger partial charge in [0.05, 0.1) is 12.9 Å². The largest absolute Gasteiger partial charge is 0.468 e. The molecule has 3 nitrogen and oxygen atoms in total. The number of methoxy groups -OCH3 is 1. The van der Waals surface area contributed by atoms with Crippen molar-refractivity contribution in [2.75, 3.05) is 43.7 Å². The molecule has 0 aliphatic carbocycles. The number of nitrogens with one attached hydrogen (secondary N) is 1. The van der Waals surface area contributed by atoms with E-state index in [1.807, 2.05) is 7.05 Å². The van der Waals surface area contributed by atoms with Crippen molar-refractivity contribution < 1.29 is 9.53 Å². The average molecular weight is 336 g/mol. The molecule has 21 heavy (non-hydrogen) atoms. The van der Waals surface area contributed by atoms with Crippen LogP contribution in [0.15, 0.2) is 0 Å². The Hall–Kier alpha value is 0.130. The zero-order chi connectivity index (χ0) is 15.6. The highest BCUT2D eigenvalue weighted by Gasteiger charge is 1.99. The molecule has 0 bridgehead atoms. The quantitative estimate of drug-likeness (QED) is 0.341. The van der Waals surface area contributed by atoms with Crippen LogP contribution in [0.2, 0.25) is 0 Å². The van der Waals surface area contributed by atoms with Gasteiger partial charge >= 0.3 is 5.97 Å². The van der Waals surface area contributed by atoms with Gasteiger partial charge in [-0.15, -0.1) is 0 Å². The number of unbranched alkanes of at least 4 members (excludes halogenated alkanes) is 6. The van der Waals surface area contributed by atoms with Crippen molar-refractivity contribution in [2.45, 2.75) is 51.4 Å². The fourth-order valence-corrected chi connectivity index (χ4v) is 3.76. The maximum absolute atomic E-state index is 10.9. The van der Waals surface area contributed by atoms with Gasteiger partial charge in [-0.25, -0.2) is 0 Å². The van der Waals surface area contributed by atoms with Crippen LogP contribution in [-0.4, -0.2) is 49.7 Å². The molecule has 0 aromatic carbocycles. The first kappa shape index (κ1) is 21.1. The lowest BCUT2D eigenvalue weighted by Crippen LogP contribution is -2.08. The Morgan fingerprint density at radius 3 is 1.95 bits per heavy atom. The van der Waals surface area contributed by atoms with Gasteiger partial charge in [-0.3, -0.25) is 4.79 Å². The molecular formula is C16H33NO2S2. The lowest BCUT2D eigenvalue weighted by atomic mass is 10.1. The molecule has 0 aliphatic rings. The molecule has 126 valence electrons. The molecule has 0 atom stereocenters. The molecular weight excluding hydrogens is 302 g/mol. The Morgan fingerprint density at radius 1 is 0.857 bits per heavy atom. The minimum absolute atomic E-state index is 0.108. The third-order valence-corrected chi connectivity index (χ3v) is 5.41. The number of ether oxygens (including phenoxy) is 1. The van der Waals surface area contributed by atoms with E-state index in [-0.39, 0.29) is 5.97 Å². The van der Waals surface area contributed by atoms with Crippen LogP contribution in [0.5, 0.6) is 0 Å². The van der Waals surface area contributed by atoms with Gasteiger partial charge in [0.15, 0.2) is 0 Å². The lowest BCUT2D eigenvalue weighted by Gasteiger charge is -2.03. The molecule has 0 saturated carbocycles. The Morgan fingerprint density at radius 2 is 1.38 bits per heavy atom. The molecule has 0 heterocycles. The van der Waals surface area contributed by atoms with E-state index < -0.39 is 0 Å². The molecule has 0 radical (unpaired) electrons. The second-order valence-electron chi connectivity index (χ2n) is 5.17. The molecule has 5 heteroatoms. The van der Waals surface area contributed by atoms with Gasteiger partial charge in [0.1, 0.15) is 0 Å². The van der Waals surface area contributed by atoms with E-state index in [0.29, 0.717) is 5.75 Å². The van der Waals surface area contributed by atoms with Crippen molar-refractivity contribution in [3.05, 3.63) is 0 Å². The van der Waals surface area contributed by atoms with Crippen LogP contribution in [0.1, 0.15) is 51.4 Å². The van der Waals surface area contributed by atoms with E-state index >= 15 is 0 Å². The second kappa shape index (κ2) is 18.2. The van der Waals surface area contributed by atoms with E-state index in [4.69, 9.17) is 0 Å². The molecule has 0 saturated heterocycles. The minimum atomic E-state index is -0.108. The highest BCUT2D eigenvalue weighted by molar-refractivity contribution is 7.99. The number of hydrogen-bond acceptors (Lipinski definition) is 5. The van der Waals surface area contributed by atoms with Gasteiger partial charge in [0.2, 0.25) is 0 Å². The van der Waals surface area contributed by atoms with Gasteiger partial charge in [-0.1, -0.05) is 32.1 Å². The van der Waals surface area contributed by atoms with Gasteiger partial charge in [0.25, 0.3) is 0 Å². The molecule has 0 rings (SSSR count). The molecule has 1 N–H and O–H groups in total. The smallest absolute Gasteiger partial charge is 0.315 e. The first-order valence-corrected chi connectivity index (χ1v) is 10.5. The maximum Gasteiger partial charge on any atom is 0.315 e. The van der Waals surface area contributed by atoms with Crippen LogP contribution in [0.4, 0.5) is 0 Å². The molecule has 0 aromatic rings. The number of carbonyl (C=O) groups excluding carboxylic acids is 1. The summed E-state index contributed by atoms with van der Waals surface area (Å²) in [6.07, 6.45) is 10.7. The number of carbonyl (C=O) groups is 1. The predicted octanol–water partition coefficient (Wildman–Crippen LogP) is 3.97. The van der Waals surface area contributed by atoms with Gasteiger partial charge in [0, 0.05) is 0 Å². The minimum Gasteiger partial charge on any atom is -0.468 e. The SMILES string of the molecule is CNCCCSCCCCCCCCCSCC(=O)OC. The Kier molecular flexibility index (Phi) is 18.3. The zero-order valence-corrected chi connectivity index (χ0v) is 15.5. The van der Waals surface area contributed by atoms with E-state index in [1.165, 1.54) is 70.0 Å². The fourth-order valence-electron chi connectivity index (χ4n) is 1.96. The monoisotopic (exact) mass is 335 g/mol. The van der Waals surface area contributed by atoms with Crippen LogP contribution < -0.4 is 5.32 Å². The van der Waals surface area contributed by atoms with Crippen molar-refractivity contribution in [3.8, 4) is 0 Å². The predicted molar refractivity (Wildman–Crippen MR) is 97.5 cm³/mol. The number of rotatable bonds is 16. The zero-order valence-electron chi connectivity index (χ0n) is 13.8. The molecule has 0 unspecified atom stereocenters. The molecule has 0 aliphatic heterocycles. The maximum atomic E-state index is 10.9. The summed E-state index contributed by atoms with van der Waals surface area (Å²) in [6.45, 7) is 1.14. The summed E-state index contributed by atoms with van der Waals surface area (Å²) in [5.41, 5.74) is 0. The summed E-state index contributed by atoms with van der Waals surface area (Å²) in [5.74, 6) is 4.10. The highest BCUT2D eigenvalue weighted by Crippen LogP contribution is 2.12. The summed E-state index contributed by atoms with van der Waals surface area (Å²) in [7, 11) is 3.46. The average Bonchev–Trinajstić information content (AvgIpc) is 2.50. The number of esters is 1. The topological polar surface area (TPSA) is 38.3 Å². The van der Waals surface area contributed by atoms with Crippen LogP contribution in [0, 0.1) is 0 Å². The van der Waals surface area contributed by atoms with Crippen LogP contribution in [0.3, 0.4) is 0 Å². The molecule has 0 spiro atoms. The second-order valence-corrected chi connectivity index (χ2v) is 7.50. The number of thioether (sulfide) groups is 2. The van der Waals surface area contributed by atoms with E-state index in [2.05, 4.69) is 21.8 Å². The summed E-state index contributed by atoms with van der Waals surface area (Å²) in [4.78, 5) is 10.9. The highest BCUT2D eigenvalue weighted by atomic mass is 32.2. The normalized spacial score (nSPS) is 10.8. The first-order valence-electron chi connectivity index (χ1n) is 8.18.